The molecule has 0 bridgehead atoms. The molecule has 1 heterocycles. The third-order valence-electron chi connectivity index (χ3n) is 2.46. The quantitative estimate of drug-likeness (QED) is 0.687. The first kappa shape index (κ1) is 13.6. The van der Waals surface area contributed by atoms with Gasteiger partial charge in [-0.2, -0.15) is 9.49 Å². The smallest absolute Gasteiger partial charge is 0.305 e. The second kappa shape index (κ2) is 5.03. The highest BCUT2D eigenvalue weighted by Gasteiger charge is 2.26. The Hall–Kier alpha value is -2.84. The maximum atomic E-state index is 13.8. The van der Waals surface area contributed by atoms with E-state index in [1.165, 1.54) is 17.1 Å². The molecule has 20 heavy (non-hydrogen) atoms. The van der Waals surface area contributed by atoms with E-state index in [4.69, 9.17) is 0 Å². The van der Waals surface area contributed by atoms with Gasteiger partial charge in [0.15, 0.2) is 0 Å². The molecule has 0 saturated heterocycles. The SMILES string of the molecule is Cn1cc(NC(=O)c2c(F)ccc([N+](=O)[O-])c2F)cn1. The molecular formula is C11H8F2N4O3. The standard InChI is InChI=1S/C11H8F2N4O3/c1-16-5-6(4-14-16)15-11(18)9-7(12)2-3-8(10(9)13)17(19)20/h2-5H,1H3,(H,15,18). The number of aryl methyl sites for hydroxylation is 1. The van der Waals surface area contributed by atoms with Gasteiger partial charge in [0, 0.05) is 19.3 Å². The molecule has 1 aromatic heterocycles. The largest absolute Gasteiger partial charge is 0.319 e. The fraction of sp³-hybridized carbons (Fsp3) is 0.0909. The lowest BCUT2D eigenvalue weighted by Crippen LogP contribution is -2.16. The molecule has 1 amide bonds. The molecule has 0 fully saturated rings. The van der Waals surface area contributed by atoms with Gasteiger partial charge >= 0.3 is 5.69 Å². The average molecular weight is 282 g/mol. The Kier molecular flexibility index (Phi) is 3.42. The van der Waals surface area contributed by atoms with Crippen LogP contribution in [0.3, 0.4) is 0 Å². The lowest BCUT2D eigenvalue weighted by atomic mass is 10.1. The first-order chi connectivity index (χ1) is 9.40. The van der Waals surface area contributed by atoms with Crippen molar-refractivity contribution < 1.29 is 18.5 Å². The minimum atomic E-state index is -1.52. The summed E-state index contributed by atoms with van der Waals surface area (Å²) in [6, 6.07) is 1.32. The average Bonchev–Trinajstić information content (AvgIpc) is 2.74. The lowest BCUT2D eigenvalue weighted by Gasteiger charge is -2.05. The summed E-state index contributed by atoms with van der Waals surface area (Å²) in [5, 5.41) is 16.5. The van der Waals surface area contributed by atoms with Gasteiger partial charge < -0.3 is 5.32 Å². The van der Waals surface area contributed by atoms with Crippen LogP contribution in [0, 0.1) is 21.7 Å². The van der Waals surface area contributed by atoms with Crippen molar-refractivity contribution in [2.24, 2.45) is 7.05 Å². The molecule has 9 heteroatoms. The van der Waals surface area contributed by atoms with Gasteiger partial charge in [0.2, 0.25) is 5.82 Å². The van der Waals surface area contributed by atoms with E-state index in [0.29, 0.717) is 12.1 Å². The normalized spacial score (nSPS) is 10.3. The molecule has 0 saturated carbocycles. The van der Waals surface area contributed by atoms with Crippen molar-refractivity contribution in [1.29, 1.82) is 0 Å². The van der Waals surface area contributed by atoms with Crippen LogP contribution >= 0.6 is 0 Å². The summed E-state index contributed by atoms with van der Waals surface area (Å²) < 4.78 is 28.7. The molecule has 0 atom stereocenters. The van der Waals surface area contributed by atoms with E-state index in [1.807, 2.05) is 0 Å². The highest BCUT2D eigenvalue weighted by atomic mass is 19.1. The van der Waals surface area contributed by atoms with Crippen molar-refractivity contribution in [3.05, 3.63) is 51.8 Å². The number of nitrogens with one attached hydrogen (secondary N) is 1. The highest BCUT2D eigenvalue weighted by Crippen LogP contribution is 2.23. The summed E-state index contributed by atoms with van der Waals surface area (Å²) in [7, 11) is 1.59. The number of aromatic nitrogens is 2. The molecule has 1 aromatic carbocycles. The first-order valence-electron chi connectivity index (χ1n) is 5.32. The monoisotopic (exact) mass is 282 g/mol. The van der Waals surface area contributed by atoms with Gasteiger partial charge in [-0.15, -0.1) is 0 Å². The third-order valence-corrected chi connectivity index (χ3v) is 2.46. The van der Waals surface area contributed by atoms with Crippen LogP contribution in [0.15, 0.2) is 24.5 Å². The molecule has 2 rings (SSSR count). The van der Waals surface area contributed by atoms with Crippen LogP contribution in [0.2, 0.25) is 0 Å². The van der Waals surface area contributed by atoms with E-state index in [0.717, 1.165) is 0 Å². The minimum absolute atomic E-state index is 0.211. The number of carbonyl (C=O) groups excluding carboxylic acids is 1. The summed E-state index contributed by atoms with van der Waals surface area (Å²) in [6.45, 7) is 0. The zero-order valence-electron chi connectivity index (χ0n) is 10.1. The van der Waals surface area contributed by atoms with Crippen LogP contribution in [0.25, 0.3) is 0 Å². The zero-order chi connectivity index (χ0) is 14.9. The van der Waals surface area contributed by atoms with Crippen molar-refractivity contribution in [2.45, 2.75) is 0 Å². The zero-order valence-corrected chi connectivity index (χ0v) is 10.1. The van der Waals surface area contributed by atoms with Crippen molar-refractivity contribution in [3.8, 4) is 0 Å². The predicted octanol–water partition coefficient (Wildman–Crippen LogP) is 1.86. The Morgan fingerprint density at radius 2 is 2.15 bits per heavy atom. The van der Waals surface area contributed by atoms with Crippen molar-refractivity contribution in [3.63, 3.8) is 0 Å². The number of benzene rings is 1. The molecule has 2 aromatic rings. The summed E-state index contributed by atoms with van der Waals surface area (Å²) in [5.41, 5.74) is -1.77. The van der Waals surface area contributed by atoms with Gasteiger partial charge in [-0.3, -0.25) is 19.6 Å². The summed E-state index contributed by atoms with van der Waals surface area (Å²) >= 11 is 0. The molecule has 0 aliphatic carbocycles. The van der Waals surface area contributed by atoms with E-state index in [1.54, 1.807) is 7.05 Å². The Labute approximate surface area is 111 Å². The van der Waals surface area contributed by atoms with Gasteiger partial charge in [-0.25, -0.2) is 4.39 Å². The third kappa shape index (κ3) is 2.46. The van der Waals surface area contributed by atoms with Crippen LogP contribution < -0.4 is 5.32 Å². The van der Waals surface area contributed by atoms with Crippen molar-refractivity contribution in [1.82, 2.24) is 9.78 Å². The number of nitro benzene ring substituents is 1. The molecule has 1 N–H and O–H groups in total. The maximum absolute atomic E-state index is 13.8. The van der Waals surface area contributed by atoms with E-state index >= 15 is 0 Å². The number of hydrogen-bond acceptors (Lipinski definition) is 4. The molecule has 7 nitrogen and oxygen atoms in total. The summed E-state index contributed by atoms with van der Waals surface area (Å²) in [4.78, 5) is 21.3. The number of carbonyl (C=O) groups is 1. The van der Waals surface area contributed by atoms with E-state index in [2.05, 4.69) is 10.4 Å². The van der Waals surface area contributed by atoms with Gasteiger partial charge in [-0.05, 0) is 6.07 Å². The van der Waals surface area contributed by atoms with E-state index < -0.39 is 33.7 Å². The lowest BCUT2D eigenvalue weighted by molar-refractivity contribution is -0.387. The minimum Gasteiger partial charge on any atom is -0.319 e. The Bertz CT molecular complexity index is 699. The second-order valence-corrected chi connectivity index (χ2v) is 3.87. The molecule has 0 aliphatic rings. The molecule has 0 radical (unpaired) electrons. The fourth-order valence-corrected chi connectivity index (χ4v) is 1.57. The van der Waals surface area contributed by atoms with Crippen LogP contribution in [0.5, 0.6) is 0 Å². The van der Waals surface area contributed by atoms with E-state index in [-0.39, 0.29) is 5.69 Å². The molecule has 0 aliphatic heterocycles. The van der Waals surface area contributed by atoms with Gasteiger partial charge in [-0.1, -0.05) is 0 Å². The number of hydrogen-bond donors (Lipinski definition) is 1. The van der Waals surface area contributed by atoms with Crippen molar-refractivity contribution >= 4 is 17.3 Å². The Morgan fingerprint density at radius 3 is 2.70 bits per heavy atom. The van der Waals surface area contributed by atoms with E-state index in [9.17, 15) is 23.7 Å². The predicted molar refractivity (Wildman–Crippen MR) is 64.2 cm³/mol. The number of amides is 1. The topological polar surface area (TPSA) is 90.1 Å². The van der Waals surface area contributed by atoms with Gasteiger partial charge in [0.25, 0.3) is 5.91 Å². The fourth-order valence-electron chi connectivity index (χ4n) is 1.57. The molecule has 104 valence electrons. The Morgan fingerprint density at radius 1 is 1.45 bits per heavy atom. The van der Waals surface area contributed by atoms with Crippen LogP contribution in [-0.2, 0) is 7.05 Å². The van der Waals surface area contributed by atoms with Gasteiger partial charge in [0.05, 0.1) is 16.8 Å². The number of rotatable bonds is 3. The molecule has 0 unspecified atom stereocenters. The molecular weight excluding hydrogens is 274 g/mol. The summed E-state index contributed by atoms with van der Waals surface area (Å²) in [6.07, 6.45) is 2.68. The van der Waals surface area contributed by atoms with Crippen molar-refractivity contribution in [2.75, 3.05) is 5.32 Å². The number of nitrogens with zero attached hydrogens (tertiary/aromatic N) is 3. The van der Waals surface area contributed by atoms with Crippen LogP contribution in [0.4, 0.5) is 20.2 Å². The number of anilines is 1. The maximum Gasteiger partial charge on any atom is 0.305 e. The number of halogens is 2. The highest BCUT2D eigenvalue weighted by molar-refractivity contribution is 6.05. The second-order valence-electron chi connectivity index (χ2n) is 3.87. The first-order valence-corrected chi connectivity index (χ1v) is 5.32. The Balaban J connectivity index is 2.38. The number of nitro groups is 1. The summed E-state index contributed by atoms with van der Waals surface area (Å²) in [5.74, 6) is -3.83. The molecule has 0 spiro atoms. The van der Waals surface area contributed by atoms with Crippen LogP contribution in [-0.4, -0.2) is 20.6 Å². The van der Waals surface area contributed by atoms with Crippen LogP contribution in [0.1, 0.15) is 10.4 Å². The van der Waals surface area contributed by atoms with Gasteiger partial charge in [0.1, 0.15) is 11.4 Å².